The monoisotopic (exact) mass is 619 g/mol. The summed E-state index contributed by atoms with van der Waals surface area (Å²) >= 11 is 0. The lowest BCUT2D eigenvalue weighted by atomic mass is 9.89. The molecule has 0 aliphatic heterocycles. The number of hydrogen-bond acceptors (Lipinski definition) is 5. The fraction of sp³-hybridized carbons (Fsp3) is 0.0930. The van der Waals surface area contributed by atoms with E-state index in [1.54, 1.807) is 0 Å². The van der Waals surface area contributed by atoms with Gasteiger partial charge in [-0.3, -0.25) is 0 Å². The molecule has 8 aromatic rings. The first-order chi connectivity index (χ1) is 23.8. The molecule has 0 bridgehead atoms. The van der Waals surface area contributed by atoms with Crippen LogP contribution in [0.1, 0.15) is 46.4 Å². The van der Waals surface area contributed by atoms with Crippen molar-refractivity contribution in [1.29, 1.82) is 0 Å². The Hall–Kier alpha value is -6.07. The highest BCUT2D eigenvalue weighted by Gasteiger charge is 2.27. The zero-order valence-corrected chi connectivity index (χ0v) is 26.1. The van der Waals surface area contributed by atoms with Gasteiger partial charge in [-0.1, -0.05) is 115 Å². The topological polar surface area (TPSA) is 65.0 Å². The zero-order chi connectivity index (χ0) is 31.6. The van der Waals surface area contributed by atoms with Crippen molar-refractivity contribution < 1.29 is 8.83 Å². The van der Waals surface area contributed by atoms with Crippen molar-refractivity contribution >= 4 is 44.6 Å². The summed E-state index contributed by atoms with van der Waals surface area (Å²) in [6, 6.07) is 39.7. The summed E-state index contributed by atoms with van der Waals surface area (Å²) in [7, 11) is 0. The molecule has 5 nitrogen and oxygen atoms in total. The highest BCUT2D eigenvalue weighted by Crippen LogP contribution is 2.42. The molecule has 0 N–H and O–H groups in total. The number of nitrogens with zero attached hydrogens (tertiary/aromatic N) is 3. The number of hydrogen-bond donors (Lipinski definition) is 0. The lowest BCUT2D eigenvalue weighted by Crippen LogP contribution is -2.14. The molecule has 228 valence electrons. The molecule has 48 heavy (non-hydrogen) atoms. The third-order valence-corrected chi connectivity index (χ3v) is 9.76. The minimum atomic E-state index is -0.0000825. The quantitative estimate of drug-likeness (QED) is 0.196. The fourth-order valence-corrected chi connectivity index (χ4v) is 7.51. The van der Waals surface area contributed by atoms with E-state index in [9.17, 15) is 0 Å². The van der Waals surface area contributed by atoms with Crippen LogP contribution < -0.4 is 0 Å². The smallest absolute Gasteiger partial charge is 0.167 e. The molecule has 2 aliphatic carbocycles. The largest absolute Gasteiger partial charge is 0.456 e. The molecule has 5 heteroatoms. The van der Waals surface area contributed by atoms with Gasteiger partial charge in [-0.05, 0) is 59.7 Å². The van der Waals surface area contributed by atoms with Crippen LogP contribution in [0.3, 0.4) is 0 Å². The number of furan rings is 2. The van der Waals surface area contributed by atoms with E-state index in [1.807, 2.05) is 36.4 Å². The van der Waals surface area contributed by atoms with Crippen molar-refractivity contribution in [3.8, 4) is 22.5 Å². The molecule has 0 saturated carbocycles. The SMILES string of the molecule is C1=CC(c2nc(C3=CCCc4c3oc3ccccc43)nc(-c3cccc4oc5cccc(-c6ccccc6)c5c34)n2)Cc2ccccc21. The van der Waals surface area contributed by atoms with Crippen molar-refractivity contribution in [3.63, 3.8) is 0 Å². The molecular weight excluding hydrogens is 590 g/mol. The number of aryl methyl sites for hydroxylation is 1. The number of fused-ring (bicyclic) bond motifs is 7. The van der Waals surface area contributed by atoms with E-state index in [1.165, 1.54) is 16.7 Å². The molecule has 10 rings (SSSR count). The van der Waals surface area contributed by atoms with Crippen LogP contribution in [-0.4, -0.2) is 15.0 Å². The predicted molar refractivity (Wildman–Crippen MR) is 192 cm³/mol. The third kappa shape index (κ3) is 4.28. The van der Waals surface area contributed by atoms with Crippen LogP contribution in [0.4, 0.5) is 0 Å². The summed E-state index contributed by atoms with van der Waals surface area (Å²) in [5, 5.41) is 3.21. The van der Waals surface area contributed by atoms with Gasteiger partial charge < -0.3 is 8.83 Å². The molecule has 0 fully saturated rings. The van der Waals surface area contributed by atoms with Crippen molar-refractivity contribution in [1.82, 2.24) is 15.0 Å². The van der Waals surface area contributed by atoms with Crippen LogP contribution >= 0.6 is 0 Å². The van der Waals surface area contributed by atoms with E-state index in [0.717, 1.165) is 86.0 Å². The van der Waals surface area contributed by atoms with E-state index in [-0.39, 0.29) is 5.92 Å². The average Bonchev–Trinajstić information content (AvgIpc) is 3.73. The third-order valence-electron chi connectivity index (χ3n) is 9.76. The molecule has 3 aromatic heterocycles. The molecule has 1 unspecified atom stereocenters. The van der Waals surface area contributed by atoms with Crippen LogP contribution in [0.2, 0.25) is 0 Å². The van der Waals surface area contributed by atoms with Gasteiger partial charge in [0.25, 0.3) is 0 Å². The van der Waals surface area contributed by atoms with Gasteiger partial charge in [0.05, 0.1) is 5.57 Å². The van der Waals surface area contributed by atoms with Gasteiger partial charge in [0.2, 0.25) is 0 Å². The standard InChI is InChI=1S/C43H29N3O2/c1-2-12-27(13-3-1)30-16-9-21-36-38(30)39-33(18-10-22-37(39)47-36)42-44-41(29-24-23-26-11-4-5-14-28(26)25-29)45-43(46-42)34-19-8-17-32-31-15-6-7-20-35(31)48-40(32)34/h1-7,9-16,18-24,29H,8,17,25H2. The number of para-hydroxylation sites is 1. The van der Waals surface area contributed by atoms with Crippen molar-refractivity contribution in [2.75, 3.05) is 0 Å². The van der Waals surface area contributed by atoms with Gasteiger partial charge in [0.1, 0.15) is 28.3 Å². The second-order valence-electron chi connectivity index (χ2n) is 12.6. The molecule has 0 spiro atoms. The summed E-state index contributed by atoms with van der Waals surface area (Å²) in [5.74, 6) is 2.87. The molecule has 5 aromatic carbocycles. The molecule has 0 amide bonds. The second-order valence-corrected chi connectivity index (χ2v) is 12.6. The lowest BCUT2D eigenvalue weighted by Gasteiger charge is -2.20. The van der Waals surface area contributed by atoms with Gasteiger partial charge in [-0.2, -0.15) is 0 Å². The highest BCUT2D eigenvalue weighted by molar-refractivity contribution is 6.17. The Morgan fingerprint density at radius 2 is 1.33 bits per heavy atom. The molecule has 3 heterocycles. The molecule has 0 saturated heterocycles. The van der Waals surface area contributed by atoms with Crippen LogP contribution in [0, 0.1) is 0 Å². The van der Waals surface area contributed by atoms with Crippen LogP contribution in [0.5, 0.6) is 0 Å². The van der Waals surface area contributed by atoms with Gasteiger partial charge in [0.15, 0.2) is 11.6 Å². The van der Waals surface area contributed by atoms with Crippen LogP contribution in [0.25, 0.3) is 67.1 Å². The van der Waals surface area contributed by atoms with Crippen molar-refractivity contribution in [2.45, 2.75) is 25.2 Å². The maximum atomic E-state index is 6.52. The van der Waals surface area contributed by atoms with Gasteiger partial charge in [0, 0.05) is 33.2 Å². The first-order valence-electron chi connectivity index (χ1n) is 16.5. The normalized spacial score (nSPS) is 15.5. The number of allylic oxidation sites excluding steroid dienone is 2. The van der Waals surface area contributed by atoms with E-state index in [0.29, 0.717) is 11.6 Å². The van der Waals surface area contributed by atoms with Crippen LogP contribution in [-0.2, 0) is 12.8 Å². The number of rotatable bonds is 4. The molecule has 1 atom stereocenters. The van der Waals surface area contributed by atoms with Crippen molar-refractivity contribution in [3.05, 3.63) is 162 Å². The fourth-order valence-electron chi connectivity index (χ4n) is 7.51. The first kappa shape index (κ1) is 27.1. The predicted octanol–water partition coefficient (Wildman–Crippen LogP) is 10.6. The van der Waals surface area contributed by atoms with Crippen LogP contribution in [0.15, 0.2) is 136 Å². The van der Waals surface area contributed by atoms with E-state index in [2.05, 4.69) is 97.1 Å². The molecule has 0 radical (unpaired) electrons. The maximum absolute atomic E-state index is 6.52. The lowest BCUT2D eigenvalue weighted by molar-refractivity contribution is 0.589. The summed E-state index contributed by atoms with van der Waals surface area (Å²) in [6.07, 6.45) is 9.28. The van der Waals surface area contributed by atoms with Crippen molar-refractivity contribution in [2.24, 2.45) is 0 Å². The minimum Gasteiger partial charge on any atom is -0.456 e. The Labute approximate surface area is 276 Å². The number of benzene rings is 5. The average molecular weight is 620 g/mol. The zero-order valence-electron chi connectivity index (χ0n) is 26.1. The van der Waals surface area contributed by atoms with Gasteiger partial charge in [-0.15, -0.1) is 0 Å². The summed E-state index contributed by atoms with van der Waals surface area (Å²) in [5.41, 5.74) is 10.4. The number of aromatic nitrogens is 3. The van der Waals surface area contributed by atoms with E-state index in [4.69, 9.17) is 23.8 Å². The first-order valence-corrected chi connectivity index (χ1v) is 16.5. The minimum absolute atomic E-state index is 0.0000825. The summed E-state index contributed by atoms with van der Waals surface area (Å²) in [6.45, 7) is 0. The Kier molecular flexibility index (Phi) is 6.06. The maximum Gasteiger partial charge on any atom is 0.167 e. The Morgan fingerprint density at radius 3 is 2.23 bits per heavy atom. The second kappa shape index (κ2) is 10.7. The Balaban J connectivity index is 1.21. The molecule has 2 aliphatic rings. The Morgan fingerprint density at radius 1 is 0.604 bits per heavy atom. The summed E-state index contributed by atoms with van der Waals surface area (Å²) in [4.78, 5) is 15.7. The van der Waals surface area contributed by atoms with E-state index >= 15 is 0 Å². The Bertz CT molecular complexity index is 2610. The van der Waals surface area contributed by atoms with Gasteiger partial charge in [-0.25, -0.2) is 15.0 Å². The summed E-state index contributed by atoms with van der Waals surface area (Å²) < 4.78 is 13.0. The molecular formula is C43H29N3O2. The van der Waals surface area contributed by atoms with Gasteiger partial charge >= 0.3 is 0 Å². The highest BCUT2D eigenvalue weighted by atomic mass is 16.3. The van der Waals surface area contributed by atoms with E-state index < -0.39 is 0 Å².